The number of likely N-dealkylation sites (tertiary alicyclic amines) is 1. The van der Waals surface area contributed by atoms with Crippen LogP contribution in [-0.4, -0.2) is 42.5 Å². The zero-order chi connectivity index (χ0) is 16.8. The van der Waals surface area contributed by atoms with Crippen LogP contribution in [0, 0.1) is 0 Å². The Morgan fingerprint density at radius 1 is 1.21 bits per heavy atom. The summed E-state index contributed by atoms with van der Waals surface area (Å²) in [7, 11) is 1.67. The molecular formula is C19H23N3O2. The Labute approximate surface area is 142 Å². The van der Waals surface area contributed by atoms with E-state index in [4.69, 9.17) is 4.74 Å². The highest BCUT2D eigenvalue weighted by atomic mass is 16.5. The molecule has 1 saturated heterocycles. The number of nitrogens with one attached hydrogen (secondary N) is 1. The van der Waals surface area contributed by atoms with Crippen LogP contribution >= 0.6 is 0 Å². The lowest BCUT2D eigenvalue weighted by molar-refractivity contribution is 0.0787. The van der Waals surface area contributed by atoms with Gasteiger partial charge in [0.2, 0.25) is 0 Å². The van der Waals surface area contributed by atoms with Crippen molar-refractivity contribution in [1.29, 1.82) is 0 Å². The van der Waals surface area contributed by atoms with Crippen molar-refractivity contribution in [2.24, 2.45) is 0 Å². The van der Waals surface area contributed by atoms with E-state index in [1.165, 1.54) is 5.56 Å². The Hall–Kier alpha value is -2.56. The molecule has 3 rings (SSSR count). The highest BCUT2D eigenvalue weighted by molar-refractivity contribution is 5.93. The van der Waals surface area contributed by atoms with E-state index >= 15 is 0 Å². The molecule has 5 heteroatoms. The molecule has 0 atom stereocenters. The molecule has 2 aromatic rings. The number of nitrogens with zero attached hydrogens (tertiary/aromatic N) is 2. The van der Waals surface area contributed by atoms with Crippen molar-refractivity contribution in [1.82, 2.24) is 9.88 Å². The van der Waals surface area contributed by atoms with E-state index in [1.807, 2.05) is 29.2 Å². The molecule has 0 saturated carbocycles. The van der Waals surface area contributed by atoms with Gasteiger partial charge in [-0.15, -0.1) is 0 Å². The van der Waals surface area contributed by atoms with Gasteiger partial charge in [-0.05, 0) is 49.1 Å². The molecule has 0 spiro atoms. The minimum atomic E-state index is 0.0336. The predicted octanol–water partition coefficient (Wildman–Crippen LogP) is 2.98. The van der Waals surface area contributed by atoms with Crippen molar-refractivity contribution in [2.45, 2.75) is 19.3 Å². The molecule has 0 unspecified atom stereocenters. The summed E-state index contributed by atoms with van der Waals surface area (Å²) in [6.07, 6.45) is 4.78. The number of hydrogen-bond donors (Lipinski definition) is 1. The number of anilines is 1. The number of hydrogen-bond acceptors (Lipinski definition) is 4. The summed E-state index contributed by atoms with van der Waals surface area (Å²) in [5, 5.41) is 3.37. The Kier molecular flexibility index (Phi) is 5.31. The number of carbonyl (C=O) groups excluding carboxylic acids is 1. The van der Waals surface area contributed by atoms with Crippen LogP contribution < -0.4 is 10.1 Å². The predicted molar refractivity (Wildman–Crippen MR) is 94.6 cm³/mol. The number of ether oxygens (including phenoxy) is 1. The molecule has 2 heterocycles. The lowest BCUT2D eigenvalue weighted by Gasteiger charge is -2.15. The highest BCUT2D eigenvalue weighted by Crippen LogP contribution is 2.15. The summed E-state index contributed by atoms with van der Waals surface area (Å²) in [6, 6.07) is 11.8. The second-order valence-electron chi connectivity index (χ2n) is 5.95. The first-order valence-electron chi connectivity index (χ1n) is 8.38. The molecule has 1 aromatic carbocycles. The molecule has 5 nitrogen and oxygen atoms in total. The molecule has 0 bridgehead atoms. The third kappa shape index (κ3) is 4.04. The largest absolute Gasteiger partial charge is 0.497 e. The maximum Gasteiger partial charge on any atom is 0.272 e. The standard InChI is InChI=1S/C19H23N3O2/c1-24-17-6-4-15(5-7-17)8-10-20-16-9-11-21-18(14-16)19(23)22-12-2-3-13-22/h4-7,9,11,14H,2-3,8,10,12-13H2,1H3,(H,20,21). The Bertz CT molecular complexity index is 679. The van der Waals surface area contributed by atoms with Gasteiger partial charge < -0.3 is 15.0 Å². The van der Waals surface area contributed by atoms with Crippen LogP contribution in [0.3, 0.4) is 0 Å². The summed E-state index contributed by atoms with van der Waals surface area (Å²) in [4.78, 5) is 18.5. The van der Waals surface area contributed by atoms with E-state index in [-0.39, 0.29) is 5.91 Å². The van der Waals surface area contributed by atoms with E-state index in [9.17, 15) is 4.79 Å². The van der Waals surface area contributed by atoms with Crippen molar-refractivity contribution in [2.75, 3.05) is 32.1 Å². The Morgan fingerprint density at radius 3 is 2.67 bits per heavy atom. The van der Waals surface area contributed by atoms with Gasteiger partial charge in [-0.25, -0.2) is 0 Å². The fourth-order valence-electron chi connectivity index (χ4n) is 2.88. The van der Waals surface area contributed by atoms with E-state index in [0.29, 0.717) is 5.69 Å². The second-order valence-corrected chi connectivity index (χ2v) is 5.95. The van der Waals surface area contributed by atoms with Gasteiger partial charge in [0, 0.05) is 31.5 Å². The van der Waals surface area contributed by atoms with Gasteiger partial charge in [-0.3, -0.25) is 9.78 Å². The third-order valence-electron chi connectivity index (χ3n) is 4.27. The molecule has 1 amide bonds. The Balaban J connectivity index is 1.55. The van der Waals surface area contributed by atoms with Gasteiger partial charge in [0.05, 0.1) is 7.11 Å². The van der Waals surface area contributed by atoms with Gasteiger partial charge in [-0.1, -0.05) is 12.1 Å². The van der Waals surface area contributed by atoms with Crippen LogP contribution in [0.5, 0.6) is 5.75 Å². The monoisotopic (exact) mass is 325 g/mol. The van der Waals surface area contributed by atoms with Gasteiger partial charge in [-0.2, -0.15) is 0 Å². The normalized spacial score (nSPS) is 13.8. The number of amides is 1. The molecule has 1 aliphatic heterocycles. The van der Waals surface area contributed by atoms with Crippen molar-refractivity contribution in [3.8, 4) is 5.75 Å². The van der Waals surface area contributed by atoms with E-state index in [1.54, 1.807) is 13.3 Å². The average Bonchev–Trinajstić information content (AvgIpc) is 3.16. The summed E-state index contributed by atoms with van der Waals surface area (Å²) in [5.74, 6) is 0.900. The number of benzene rings is 1. The van der Waals surface area contributed by atoms with E-state index in [0.717, 1.165) is 50.3 Å². The maximum absolute atomic E-state index is 12.4. The lowest BCUT2D eigenvalue weighted by atomic mass is 10.1. The summed E-state index contributed by atoms with van der Waals surface area (Å²) in [6.45, 7) is 2.49. The van der Waals surface area contributed by atoms with Gasteiger partial charge >= 0.3 is 0 Å². The topological polar surface area (TPSA) is 54.5 Å². The molecule has 1 aliphatic rings. The maximum atomic E-state index is 12.4. The first-order chi connectivity index (χ1) is 11.8. The van der Waals surface area contributed by atoms with Crippen LogP contribution in [0.2, 0.25) is 0 Å². The Morgan fingerprint density at radius 2 is 1.96 bits per heavy atom. The molecule has 24 heavy (non-hydrogen) atoms. The van der Waals surface area contributed by atoms with Crippen molar-refractivity contribution >= 4 is 11.6 Å². The molecule has 0 aliphatic carbocycles. The number of methoxy groups -OCH3 is 1. The fourth-order valence-corrected chi connectivity index (χ4v) is 2.88. The van der Waals surface area contributed by atoms with Crippen LogP contribution in [0.15, 0.2) is 42.6 Å². The van der Waals surface area contributed by atoms with Crippen LogP contribution in [0.25, 0.3) is 0 Å². The molecule has 1 aromatic heterocycles. The number of aromatic nitrogens is 1. The lowest BCUT2D eigenvalue weighted by Crippen LogP contribution is -2.28. The van der Waals surface area contributed by atoms with Crippen molar-refractivity contribution in [3.05, 3.63) is 53.9 Å². The first kappa shape index (κ1) is 16.3. The molecule has 126 valence electrons. The molecule has 0 radical (unpaired) electrons. The highest BCUT2D eigenvalue weighted by Gasteiger charge is 2.20. The number of rotatable bonds is 6. The average molecular weight is 325 g/mol. The first-order valence-corrected chi connectivity index (χ1v) is 8.38. The van der Waals surface area contributed by atoms with Crippen LogP contribution in [0.1, 0.15) is 28.9 Å². The second kappa shape index (κ2) is 7.81. The summed E-state index contributed by atoms with van der Waals surface area (Å²) in [5.41, 5.74) is 2.69. The van der Waals surface area contributed by atoms with E-state index in [2.05, 4.69) is 22.4 Å². The van der Waals surface area contributed by atoms with Crippen LogP contribution in [0.4, 0.5) is 5.69 Å². The smallest absolute Gasteiger partial charge is 0.272 e. The fraction of sp³-hybridized carbons (Fsp3) is 0.368. The molecule has 1 fully saturated rings. The van der Waals surface area contributed by atoms with Crippen LogP contribution in [-0.2, 0) is 6.42 Å². The third-order valence-corrected chi connectivity index (χ3v) is 4.27. The minimum Gasteiger partial charge on any atom is -0.497 e. The van der Waals surface area contributed by atoms with Crippen molar-refractivity contribution in [3.63, 3.8) is 0 Å². The van der Waals surface area contributed by atoms with Crippen molar-refractivity contribution < 1.29 is 9.53 Å². The minimum absolute atomic E-state index is 0.0336. The molecule has 1 N–H and O–H groups in total. The number of pyridine rings is 1. The van der Waals surface area contributed by atoms with Gasteiger partial charge in [0.25, 0.3) is 5.91 Å². The number of carbonyl (C=O) groups is 1. The van der Waals surface area contributed by atoms with Gasteiger partial charge in [0.1, 0.15) is 11.4 Å². The molecular weight excluding hydrogens is 302 g/mol. The summed E-state index contributed by atoms with van der Waals surface area (Å²) < 4.78 is 5.16. The van der Waals surface area contributed by atoms with Gasteiger partial charge in [0.15, 0.2) is 0 Å². The SMILES string of the molecule is COc1ccc(CCNc2ccnc(C(=O)N3CCCC3)c2)cc1. The quantitative estimate of drug-likeness (QED) is 0.887. The zero-order valence-corrected chi connectivity index (χ0v) is 14.0. The summed E-state index contributed by atoms with van der Waals surface area (Å²) >= 11 is 0. The zero-order valence-electron chi connectivity index (χ0n) is 14.0. The van der Waals surface area contributed by atoms with E-state index < -0.39 is 0 Å².